The highest BCUT2D eigenvalue weighted by Gasteiger charge is 2.12. The zero-order valence-corrected chi connectivity index (χ0v) is 12.6. The molecule has 0 radical (unpaired) electrons. The summed E-state index contributed by atoms with van der Waals surface area (Å²) in [6, 6.07) is 6.83. The molecule has 6 heteroatoms. The molecule has 5 nitrogen and oxygen atoms in total. The highest BCUT2D eigenvalue weighted by atomic mass is 35.5. The van der Waals surface area contributed by atoms with Gasteiger partial charge in [-0.2, -0.15) is 0 Å². The molecule has 0 aliphatic heterocycles. The van der Waals surface area contributed by atoms with E-state index in [1.807, 2.05) is 0 Å². The highest BCUT2D eigenvalue weighted by Crippen LogP contribution is 2.31. The molecule has 1 aromatic heterocycles. The number of ether oxygens (including phenoxy) is 3. The van der Waals surface area contributed by atoms with E-state index in [1.165, 1.54) is 0 Å². The zero-order chi connectivity index (χ0) is 15.2. The van der Waals surface area contributed by atoms with E-state index in [0.717, 1.165) is 5.56 Å². The lowest BCUT2D eigenvalue weighted by molar-refractivity contribution is 0.278. The Morgan fingerprint density at radius 1 is 1.14 bits per heavy atom. The smallest absolute Gasteiger partial charge is 0.185 e. The van der Waals surface area contributed by atoms with Crippen LogP contribution in [0.25, 0.3) is 0 Å². The average Bonchev–Trinajstić information content (AvgIpc) is 2.52. The van der Waals surface area contributed by atoms with Gasteiger partial charge in [-0.15, -0.1) is 0 Å². The van der Waals surface area contributed by atoms with Crippen molar-refractivity contribution in [2.75, 3.05) is 14.2 Å². The number of hydrogen-bond donors (Lipinski definition) is 1. The minimum Gasteiger partial charge on any atom is -0.493 e. The Morgan fingerprint density at radius 2 is 1.95 bits per heavy atom. The summed E-state index contributed by atoms with van der Waals surface area (Å²) in [7, 11) is 3.11. The van der Waals surface area contributed by atoms with Gasteiger partial charge in [-0.25, -0.2) is 0 Å². The van der Waals surface area contributed by atoms with Gasteiger partial charge in [0, 0.05) is 12.3 Å². The molecule has 1 aromatic carbocycles. The molecule has 0 spiro atoms. The molecule has 1 N–H and O–H groups in total. The van der Waals surface area contributed by atoms with Crippen molar-refractivity contribution in [3.63, 3.8) is 0 Å². The van der Waals surface area contributed by atoms with Crippen LogP contribution in [0.3, 0.4) is 0 Å². The second-order valence-electron chi connectivity index (χ2n) is 4.20. The molecular formula is C15H16ClNO4. The molecule has 0 bridgehead atoms. The number of pyridine rings is 1. The lowest BCUT2D eigenvalue weighted by Gasteiger charge is -2.13. The Labute approximate surface area is 128 Å². The maximum atomic E-state index is 9.05. The van der Waals surface area contributed by atoms with Gasteiger partial charge in [-0.05, 0) is 17.7 Å². The SMILES string of the molecule is COc1ccnc(COc2ccc(CO)cc2Cl)c1OC. The van der Waals surface area contributed by atoms with Crippen molar-refractivity contribution in [2.24, 2.45) is 0 Å². The summed E-state index contributed by atoms with van der Waals surface area (Å²) in [6.45, 7) is 0.129. The van der Waals surface area contributed by atoms with Crippen molar-refractivity contribution >= 4 is 11.6 Å². The summed E-state index contributed by atoms with van der Waals surface area (Å²) in [4.78, 5) is 4.22. The first kappa shape index (κ1) is 15.4. The predicted octanol–water partition coefficient (Wildman–Crippen LogP) is 2.82. The quantitative estimate of drug-likeness (QED) is 0.889. The Kier molecular flexibility index (Phi) is 5.25. The normalized spacial score (nSPS) is 10.3. The number of aromatic nitrogens is 1. The van der Waals surface area contributed by atoms with Crippen LogP contribution in [0.2, 0.25) is 5.02 Å². The van der Waals surface area contributed by atoms with Gasteiger partial charge in [0.05, 0.1) is 25.8 Å². The van der Waals surface area contributed by atoms with E-state index in [-0.39, 0.29) is 13.2 Å². The van der Waals surface area contributed by atoms with Crippen molar-refractivity contribution in [3.8, 4) is 17.2 Å². The van der Waals surface area contributed by atoms with E-state index in [9.17, 15) is 0 Å². The zero-order valence-electron chi connectivity index (χ0n) is 11.8. The number of aliphatic hydroxyl groups is 1. The first-order chi connectivity index (χ1) is 10.2. The van der Waals surface area contributed by atoms with Crippen molar-refractivity contribution in [1.29, 1.82) is 0 Å². The van der Waals surface area contributed by atoms with Crippen molar-refractivity contribution in [1.82, 2.24) is 4.98 Å². The molecule has 0 aliphatic carbocycles. The van der Waals surface area contributed by atoms with Crippen LogP contribution in [0.4, 0.5) is 0 Å². The van der Waals surface area contributed by atoms with Gasteiger partial charge in [-0.1, -0.05) is 17.7 Å². The van der Waals surface area contributed by atoms with Gasteiger partial charge in [0.1, 0.15) is 18.1 Å². The number of benzene rings is 1. The van der Waals surface area contributed by atoms with E-state index in [0.29, 0.717) is 28.0 Å². The van der Waals surface area contributed by atoms with Crippen LogP contribution in [-0.4, -0.2) is 24.3 Å². The summed E-state index contributed by atoms with van der Waals surface area (Å²) < 4.78 is 16.2. The van der Waals surface area contributed by atoms with Crippen LogP contribution in [0.5, 0.6) is 17.2 Å². The van der Waals surface area contributed by atoms with Gasteiger partial charge < -0.3 is 19.3 Å². The molecule has 112 valence electrons. The third-order valence-corrected chi connectivity index (χ3v) is 3.20. The van der Waals surface area contributed by atoms with Gasteiger partial charge in [-0.3, -0.25) is 4.98 Å². The van der Waals surface area contributed by atoms with Crippen molar-refractivity contribution in [3.05, 3.63) is 46.7 Å². The van der Waals surface area contributed by atoms with Crippen LogP contribution in [0.15, 0.2) is 30.5 Å². The first-order valence-corrected chi connectivity index (χ1v) is 6.65. The fourth-order valence-corrected chi connectivity index (χ4v) is 2.12. The topological polar surface area (TPSA) is 60.8 Å². The molecule has 0 fully saturated rings. The van der Waals surface area contributed by atoms with Gasteiger partial charge in [0.25, 0.3) is 0 Å². The molecule has 0 unspecified atom stereocenters. The number of halogens is 1. The predicted molar refractivity (Wildman–Crippen MR) is 79.0 cm³/mol. The molecule has 0 aliphatic rings. The molecule has 2 aromatic rings. The summed E-state index contributed by atoms with van der Waals surface area (Å²) in [5.41, 5.74) is 1.34. The van der Waals surface area contributed by atoms with E-state index in [2.05, 4.69) is 4.98 Å². The first-order valence-electron chi connectivity index (χ1n) is 6.27. The largest absolute Gasteiger partial charge is 0.493 e. The van der Waals surface area contributed by atoms with Gasteiger partial charge >= 0.3 is 0 Å². The summed E-state index contributed by atoms with van der Waals surface area (Å²) in [6.07, 6.45) is 1.62. The average molecular weight is 310 g/mol. The molecule has 0 atom stereocenters. The van der Waals surface area contributed by atoms with E-state index in [4.69, 9.17) is 30.9 Å². The molecule has 21 heavy (non-hydrogen) atoms. The van der Waals surface area contributed by atoms with Crippen LogP contribution in [0, 0.1) is 0 Å². The molecule has 1 heterocycles. The third-order valence-electron chi connectivity index (χ3n) is 2.91. The third kappa shape index (κ3) is 3.56. The molecular weight excluding hydrogens is 294 g/mol. The van der Waals surface area contributed by atoms with E-state index < -0.39 is 0 Å². The minimum atomic E-state index is -0.0642. The lowest BCUT2D eigenvalue weighted by Crippen LogP contribution is -2.03. The number of hydrogen-bond acceptors (Lipinski definition) is 5. The Bertz CT molecular complexity index is 619. The van der Waals surface area contributed by atoms with E-state index in [1.54, 1.807) is 44.7 Å². The Hall–Kier alpha value is -1.98. The van der Waals surface area contributed by atoms with Crippen LogP contribution < -0.4 is 14.2 Å². The summed E-state index contributed by atoms with van der Waals surface area (Å²) >= 11 is 6.09. The second-order valence-corrected chi connectivity index (χ2v) is 4.61. The monoisotopic (exact) mass is 309 g/mol. The van der Waals surface area contributed by atoms with Crippen molar-refractivity contribution < 1.29 is 19.3 Å². The fraction of sp³-hybridized carbons (Fsp3) is 0.267. The van der Waals surface area contributed by atoms with Gasteiger partial charge in [0.2, 0.25) is 0 Å². The molecule has 0 amide bonds. The van der Waals surface area contributed by atoms with Crippen LogP contribution in [-0.2, 0) is 13.2 Å². The maximum absolute atomic E-state index is 9.05. The van der Waals surface area contributed by atoms with E-state index >= 15 is 0 Å². The van der Waals surface area contributed by atoms with Gasteiger partial charge in [0.15, 0.2) is 11.5 Å². The number of nitrogens with zero attached hydrogens (tertiary/aromatic N) is 1. The summed E-state index contributed by atoms with van der Waals surface area (Å²) in [5.74, 6) is 1.64. The number of aliphatic hydroxyl groups excluding tert-OH is 1. The Morgan fingerprint density at radius 3 is 2.57 bits per heavy atom. The van der Waals surface area contributed by atoms with Crippen molar-refractivity contribution in [2.45, 2.75) is 13.2 Å². The second kappa shape index (κ2) is 7.15. The molecule has 0 saturated heterocycles. The standard InChI is InChI=1S/C15H16ClNO4/c1-19-14-5-6-17-12(15(14)20-2)9-21-13-4-3-10(8-18)7-11(13)16/h3-7,18H,8-9H2,1-2H3. The minimum absolute atomic E-state index is 0.0642. The molecule has 2 rings (SSSR count). The van der Waals surface area contributed by atoms with Crippen LogP contribution in [0.1, 0.15) is 11.3 Å². The van der Waals surface area contributed by atoms with Crippen LogP contribution >= 0.6 is 11.6 Å². The highest BCUT2D eigenvalue weighted by molar-refractivity contribution is 6.32. The fourth-order valence-electron chi connectivity index (χ4n) is 1.86. The summed E-state index contributed by atoms with van der Waals surface area (Å²) in [5, 5.41) is 9.48. The number of methoxy groups -OCH3 is 2. The molecule has 0 saturated carbocycles. The maximum Gasteiger partial charge on any atom is 0.185 e. The lowest BCUT2D eigenvalue weighted by atomic mass is 10.2. The Balaban J connectivity index is 2.16. The number of rotatable bonds is 6.